The van der Waals surface area contributed by atoms with Gasteiger partial charge in [-0.25, -0.2) is 0 Å². The van der Waals surface area contributed by atoms with E-state index in [1.165, 1.54) is 0 Å². The van der Waals surface area contributed by atoms with Crippen molar-refractivity contribution in [2.75, 3.05) is 0 Å². The molecule has 1 rings (SSSR count). The van der Waals surface area contributed by atoms with Crippen molar-refractivity contribution in [2.24, 2.45) is 0 Å². The molecule has 1 heterocycles. The molecule has 3 heteroatoms. The molecule has 0 saturated heterocycles. The first-order chi connectivity index (χ1) is 5.33. The first-order valence-corrected chi connectivity index (χ1v) is 3.17. The van der Waals surface area contributed by atoms with E-state index in [0.717, 1.165) is 0 Å². The Balaban J connectivity index is 2.58. The number of carbonyl (C=O) groups is 1. The third-order valence-corrected chi connectivity index (χ3v) is 1.21. The normalized spacial score (nSPS) is 9.18. The topological polar surface area (TPSA) is 39.2 Å². The molecule has 0 fully saturated rings. The number of aromatic nitrogens is 1. The molecule has 0 aliphatic rings. The lowest BCUT2D eigenvalue weighted by atomic mass is 10.3. The van der Waals surface area contributed by atoms with Crippen LogP contribution in [0.1, 0.15) is 5.69 Å². The quantitative estimate of drug-likeness (QED) is 0.589. The van der Waals surface area contributed by atoms with Crippen molar-refractivity contribution in [3.8, 4) is 0 Å². The highest BCUT2D eigenvalue weighted by atomic mass is 16.5. The molecule has 1 radical (unpaired) electrons. The Labute approximate surface area is 65.0 Å². The van der Waals surface area contributed by atoms with Gasteiger partial charge in [-0.1, -0.05) is 6.07 Å². The first kappa shape index (κ1) is 7.72. The minimum atomic E-state index is -0.372. The molecule has 0 aliphatic carbocycles. The van der Waals surface area contributed by atoms with Gasteiger partial charge in [0.1, 0.15) is 7.11 Å². The Bertz CT molecular complexity index is 233. The standard InChI is InChI=1S/C8H8NO2/c1-11-8(10)6-7-4-2-3-5-9-7/h2-5H,1,6H2. The fourth-order valence-corrected chi connectivity index (χ4v) is 0.702. The molecule has 0 amide bonds. The van der Waals surface area contributed by atoms with Crippen LogP contribution in [-0.4, -0.2) is 11.0 Å². The minimum absolute atomic E-state index is 0.185. The van der Waals surface area contributed by atoms with E-state index in [0.29, 0.717) is 5.69 Å². The van der Waals surface area contributed by atoms with Gasteiger partial charge < -0.3 is 4.74 Å². The van der Waals surface area contributed by atoms with Gasteiger partial charge in [0.2, 0.25) is 0 Å². The van der Waals surface area contributed by atoms with Crippen LogP contribution in [0.25, 0.3) is 0 Å². The molecule has 1 aromatic rings. The fraction of sp³-hybridized carbons (Fsp3) is 0.125. The number of carbonyl (C=O) groups excluding carboxylic acids is 1. The van der Waals surface area contributed by atoms with Crippen LogP contribution in [0.15, 0.2) is 24.4 Å². The van der Waals surface area contributed by atoms with Gasteiger partial charge in [-0.3, -0.25) is 9.78 Å². The molecule has 0 N–H and O–H groups in total. The van der Waals surface area contributed by atoms with Crippen molar-refractivity contribution >= 4 is 5.97 Å². The van der Waals surface area contributed by atoms with Gasteiger partial charge in [0.25, 0.3) is 0 Å². The Kier molecular flexibility index (Phi) is 2.60. The minimum Gasteiger partial charge on any atom is -0.462 e. The zero-order valence-electron chi connectivity index (χ0n) is 5.99. The van der Waals surface area contributed by atoms with Crippen LogP contribution >= 0.6 is 0 Å². The van der Waals surface area contributed by atoms with E-state index in [9.17, 15) is 4.79 Å². The number of rotatable bonds is 2. The van der Waals surface area contributed by atoms with E-state index >= 15 is 0 Å². The summed E-state index contributed by atoms with van der Waals surface area (Å²) in [4.78, 5) is 14.6. The highest BCUT2D eigenvalue weighted by Gasteiger charge is 2.01. The molecule has 0 atom stereocenters. The van der Waals surface area contributed by atoms with Crippen molar-refractivity contribution in [1.29, 1.82) is 0 Å². The Morgan fingerprint density at radius 3 is 3.00 bits per heavy atom. The smallest absolute Gasteiger partial charge is 0.311 e. The van der Waals surface area contributed by atoms with Crippen molar-refractivity contribution in [3.05, 3.63) is 37.2 Å². The van der Waals surface area contributed by atoms with Gasteiger partial charge in [0.15, 0.2) is 0 Å². The van der Waals surface area contributed by atoms with Crippen LogP contribution in [0.4, 0.5) is 0 Å². The zero-order chi connectivity index (χ0) is 8.10. The molecule has 0 spiro atoms. The molecule has 1 aromatic heterocycles. The van der Waals surface area contributed by atoms with Gasteiger partial charge in [0, 0.05) is 6.20 Å². The van der Waals surface area contributed by atoms with Gasteiger partial charge in [0.05, 0.1) is 12.1 Å². The molecule has 3 nitrogen and oxygen atoms in total. The summed E-state index contributed by atoms with van der Waals surface area (Å²) < 4.78 is 4.23. The molecular weight excluding hydrogens is 142 g/mol. The van der Waals surface area contributed by atoms with Gasteiger partial charge in [-0.2, -0.15) is 0 Å². The first-order valence-electron chi connectivity index (χ1n) is 3.17. The van der Waals surface area contributed by atoms with Gasteiger partial charge in [-0.05, 0) is 12.1 Å². The lowest BCUT2D eigenvalue weighted by Gasteiger charge is -1.96. The molecule has 0 saturated carbocycles. The monoisotopic (exact) mass is 150 g/mol. The number of ether oxygens (including phenoxy) is 1. The van der Waals surface area contributed by atoms with Crippen molar-refractivity contribution in [1.82, 2.24) is 4.98 Å². The van der Waals surface area contributed by atoms with E-state index in [4.69, 9.17) is 0 Å². The maximum atomic E-state index is 10.7. The molecule has 11 heavy (non-hydrogen) atoms. The Hall–Kier alpha value is -1.38. The number of hydrogen-bond donors (Lipinski definition) is 0. The number of hydrogen-bond acceptors (Lipinski definition) is 3. The summed E-state index contributed by atoms with van der Waals surface area (Å²) in [5.74, 6) is -0.372. The second kappa shape index (κ2) is 3.71. The highest BCUT2D eigenvalue weighted by Crippen LogP contribution is 1.95. The van der Waals surface area contributed by atoms with Gasteiger partial charge in [-0.15, -0.1) is 0 Å². The van der Waals surface area contributed by atoms with Crippen molar-refractivity contribution < 1.29 is 9.53 Å². The molecule has 0 bridgehead atoms. The van der Waals surface area contributed by atoms with E-state index in [2.05, 4.69) is 16.8 Å². The largest absolute Gasteiger partial charge is 0.462 e. The van der Waals surface area contributed by atoms with E-state index < -0.39 is 0 Å². The number of nitrogens with zero attached hydrogens (tertiary/aromatic N) is 1. The van der Waals surface area contributed by atoms with Crippen LogP contribution in [0, 0.1) is 7.11 Å². The lowest BCUT2D eigenvalue weighted by molar-refractivity contribution is -0.137. The SMILES string of the molecule is [CH2]OC(=O)Cc1ccccn1. The molecular formula is C8H8NO2. The fourth-order valence-electron chi connectivity index (χ4n) is 0.702. The van der Waals surface area contributed by atoms with Crippen LogP contribution in [0.3, 0.4) is 0 Å². The Morgan fingerprint density at radius 1 is 1.64 bits per heavy atom. The number of pyridine rings is 1. The average Bonchev–Trinajstić information content (AvgIpc) is 2.06. The highest BCUT2D eigenvalue weighted by molar-refractivity contribution is 5.71. The maximum Gasteiger partial charge on any atom is 0.311 e. The second-order valence-electron chi connectivity index (χ2n) is 2.01. The predicted octanol–water partition coefficient (Wildman–Crippen LogP) is 0.959. The molecule has 0 aliphatic heterocycles. The summed E-state index contributed by atoms with van der Waals surface area (Å²) in [6, 6.07) is 5.37. The predicted molar refractivity (Wildman–Crippen MR) is 39.4 cm³/mol. The molecule has 0 unspecified atom stereocenters. The third kappa shape index (κ3) is 2.37. The second-order valence-corrected chi connectivity index (χ2v) is 2.01. The Morgan fingerprint density at radius 2 is 2.45 bits per heavy atom. The summed E-state index contributed by atoms with van der Waals surface area (Å²) >= 11 is 0. The van der Waals surface area contributed by atoms with Crippen LogP contribution in [0.5, 0.6) is 0 Å². The maximum absolute atomic E-state index is 10.7. The summed E-state index contributed by atoms with van der Waals surface area (Å²) in [7, 11) is 3.00. The average molecular weight is 150 g/mol. The summed E-state index contributed by atoms with van der Waals surface area (Å²) in [6.07, 6.45) is 1.82. The molecule has 57 valence electrons. The van der Waals surface area contributed by atoms with Crippen molar-refractivity contribution in [2.45, 2.75) is 6.42 Å². The van der Waals surface area contributed by atoms with Crippen LogP contribution < -0.4 is 0 Å². The van der Waals surface area contributed by atoms with Crippen LogP contribution in [-0.2, 0) is 16.0 Å². The number of esters is 1. The zero-order valence-corrected chi connectivity index (χ0v) is 5.99. The molecule has 0 aromatic carbocycles. The van der Waals surface area contributed by atoms with Crippen molar-refractivity contribution in [3.63, 3.8) is 0 Å². The van der Waals surface area contributed by atoms with E-state index in [1.807, 2.05) is 6.07 Å². The van der Waals surface area contributed by atoms with E-state index in [1.54, 1.807) is 18.3 Å². The summed E-state index contributed by atoms with van der Waals surface area (Å²) in [5.41, 5.74) is 0.696. The van der Waals surface area contributed by atoms with Gasteiger partial charge >= 0.3 is 5.97 Å². The lowest BCUT2D eigenvalue weighted by Crippen LogP contribution is -2.04. The summed E-state index contributed by atoms with van der Waals surface area (Å²) in [6.45, 7) is 0. The van der Waals surface area contributed by atoms with Crippen LogP contribution in [0.2, 0.25) is 0 Å². The summed E-state index contributed by atoms with van der Waals surface area (Å²) in [5, 5.41) is 0. The third-order valence-electron chi connectivity index (χ3n) is 1.21. The van der Waals surface area contributed by atoms with E-state index in [-0.39, 0.29) is 12.4 Å².